The van der Waals surface area contributed by atoms with Crippen molar-refractivity contribution in [2.75, 3.05) is 5.32 Å². The third-order valence-corrected chi connectivity index (χ3v) is 2.84. The van der Waals surface area contributed by atoms with Crippen molar-refractivity contribution in [1.29, 1.82) is 0 Å². The zero-order chi connectivity index (χ0) is 13.0. The van der Waals surface area contributed by atoms with E-state index >= 15 is 0 Å². The van der Waals surface area contributed by atoms with E-state index in [-0.39, 0.29) is 5.91 Å². The van der Waals surface area contributed by atoms with Gasteiger partial charge in [-0.25, -0.2) is 0 Å². The molecule has 0 spiro atoms. The Morgan fingerprint density at radius 2 is 1.94 bits per heavy atom. The number of anilines is 1. The number of hydrogen-bond donors (Lipinski definition) is 2. The SMILES string of the molecule is Cc1ccc(NC(=O)C(N)CC(C)C)cc1C. The summed E-state index contributed by atoms with van der Waals surface area (Å²) < 4.78 is 0. The van der Waals surface area contributed by atoms with Crippen molar-refractivity contribution in [3.8, 4) is 0 Å². The van der Waals surface area contributed by atoms with Crippen LogP contribution in [0, 0.1) is 19.8 Å². The average Bonchev–Trinajstić information content (AvgIpc) is 2.22. The molecule has 0 fully saturated rings. The standard InChI is InChI=1S/C14H22N2O/c1-9(2)7-13(15)14(17)16-12-6-5-10(3)11(4)8-12/h5-6,8-9,13H,7,15H2,1-4H3,(H,16,17). The molecule has 0 aliphatic rings. The van der Waals surface area contributed by atoms with Gasteiger partial charge in [-0.1, -0.05) is 19.9 Å². The Kier molecular flexibility index (Phi) is 4.70. The molecular weight excluding hydrogens is 212 g/mol. The van der Waals surface area contributed by atoms with Crippen LogP contribution in [-0.2, 0) is 4.79 Å². The van der Waals surface area contributed by atoms with Gasteiger partial charge in [0.2, 0.25) is 5.91 Å². The lowest BCUT2D eigenvalue weighted by atomic mass is 10.0. The molecule has 1 rings (SSSR count). The van der Waals surface area contributed by atoms with E-state index in [4.69, 9.17) is 5.73 Å². The fourth-order valence-corrected chi connectivity index (χ4v) is 1.67. The minimum absolute atomic E-state index is 0.109. The summed E-state index contributed by atoms with van der Waals surface area (Å²) in [6.45, 7) is 8.19. The smallest absolute Gasteiger partial charge is 0.241 e. The zero-order valence-electron chi connectivity index (χ0n) is 11.1. The molecule has 1 atom stereocenters. The van der Waals surface area contributed by atoms with Crippen molar-refractivity contribution in [3.63, 3.8) is 0 Å². The van der Waals surface area contributed by atoms with Crippen LogP contribution < -0.4 is 11.1 Å². The van der Waals surface area contributed by atoms with Gasteiger partial charge in [0, 0.05) is 5.69 Å². The molecule has 1 unspecified atom stereocenters. The molecule has 1 aromatic rings. The van der Waals surface area contributed by atoms with Crippen LogP contribution in [0.5, 0.6) is 0 Å². The van der Waals surface area contributed by atoms with E-state index in [0.29, 0.717) is 12.3 Å². The summed E-state index contributed by atoms with van der Waals surface area (Å²) >= 11 is 0. The predicted molar refractivity (Wildman–Crippen MR) is 72.0 cm³/mol. The fourth-order valence-electron chi connectivity index (χ4n) is 1.67. The number of carbonyl (C=O) groups is 1. The second kappa shape index (κ2) is 5.82. The number of benzene rings is 1. The normalized spacial score (nSPS) is 12.6. The monoisotopic (exact) mass is 234 g/mol. The quantitative estimate of drug-likeness (QED) is 0.841. The maximum Gasteiger partial charge on any atom is 0.241 e. The van der Waals surface area contributed by atoms with Gasteiger partial charge in [0.05, 0.1) is 6.04 Å². The van der Waals surface area contributed by atoms with Gasteiger partial charge in [0.1, 0.15) is 0 Å². The molecular formula is C14H22N2O. The van der Waals surface area contributed by atoms with Gasteiger partial charge >= 0.3 is 0 Å². The molecule has 0 aliphatic heterocycles. The zero-order valence-corrected chi connectivity index (χ0v) is 11.1. The second-order valence-corrected chi connectivity index (χ2v) is 5.02. The molecule has 0 saturated heterocycles. The highest BCUT2D eigenvalue weighted by Gasteiger charge is 2.14. The molecule has 0 aliphatic carbocycles. The van der Waals surface area contributed by atoms with Crippen molar-refractivity contribution in [2.45, 2.75) is 40.2 Å². The minimum Gasteiger partial charge on any atom is -0.325 e. The predicted octanol–water partition coefficient (Wildman–Crippen LogP) is 2.62. The Morgan fingerprint density at radius 1 is 1.29 bits per heavy atom. The van der Waals surface area contributed by atoms with Crippen LogP contribution in [0.15, 0.2) is 18.2 Å². The topological polar surface area (TPSA) is 55.1 Å². The van der Waals surface area contributed by atoms with Crippen molar-refractivity contribution in [3.05, 3.63) is 29.3 Å². The van der Waals surface area contributed by atoms with Gasteiger partial charge in [-0.15, -0.1) is 0 Å². The maximum atomic E-state index is 11.8. The first-order chi connectivity index (χ1) is 7.90. The van der Waals surface area contributed by atoms with Gasteiger partial charge < -0.3 is 11.1 Å². The minimum atomic E-state index is -0.434. The highest BCUT2D eigenvalue weighted by atomic mass is 16.2. The lowest BCUT2D eigenvalue weighted by Crippen LogP contribution is -2.36. The van der Waals surface area contributed by atoms with Crippen LogP contribution in [0.1, 0.15) is 31.4 Å². The van der Waals surface area contributed by atoms with E-state index in [1.54, 1.807) is 0 Å². The molecule has 0 bridgehead atoms. The Hall–Kier alpha value is -1.35. The van der Waals surface area contributed by atoms with Crippen molar-refractivity contribution < 1.29 is 4.79 Å². The molecule has 94 valence electrons. The third-order valence-electron chi connectivity index (χ3n) is 2.84. The van der Waals surface area contributed by atoms with Crippen molar-refractivity contribution in [2.24, 2.45) is 11.7 Å². The van der Waals surface area contributed by atoms with Gasteiger partial charge in [-0.05, 0) is 49.4 Å². The Balaban J connectivity index is 2.64. The molecule has 0 heterocycles. The van der Waals surface area contributed by atoms with E-state index in [1.807, 2.05) is 32.0 Å². The van der Waals surface area contributed by atoms with E-state index in [1.165, 1.54) is 11.1 Å². The van der Waals surface area contributed by atoms with Crippen LogP contribution in [0.2, 0.25) is 0 Å². The summed E-state index contributed by atoms with van der Waals surface area (Å²) in [6, 6.07) is 5.44. The first kappa shape index (κ1) is 13.7. The largest absolute Gasteiger partial charge is 0.325 e. The van der Waals surface area contributed by atoms with Gasteiger partial charge in [0.25, 0.3) is 0 Å². The second-order valence-electron chi connectivity index (χ2n) is 5.02. The lowest BCUT2D eigenvalue weighted by Gasteiger charge is -2.14. The highest BCUT2D eigenvalue weighted by molar-refractivity contribution is 5.94. The lowest BCUT2D eigenvalue weighted by molar-refractivity contribution is -0.117. The highest BCUT2D eigenvalue weighted by Crippen LogP contribution is 2.14. The molecule has 1 amide bonds. The molecule has 0 saturated carbocycles. The van der Waals surface area contributed by atoms with Crippen LogP contribution in [0.3, 0.4) is 0 Å². The average molecular weight is 234 g/mol. The van der Waals surface area contributed by atoms with E-state index in [9.17, 15) is 4.79 Å². The summed E-state index contributed by atoms with van der Waals surface area (Å²) in [5, 5.41) is 2.85. The summed E-state index contributed by atoms with van der Waals surface area (Å²) in [4.78, 5) is 11.8. The van der Waals surface area contributed by atoms with Crippen molar-refractivity contribution >= 4 is 11.6 Å². The molecule has 0 radical (unpaired) electrons. The molecule has 1 aromatic carbocycles. The van der Waals surface area contributed by atoms with Crippen LogP contribution in [-0.4, -0.2) is 11.9 Å². The first-order valence-corrected chi connectivity index (χ1v) is 6.04. The number of aryl methyl sites for hydroxylation is 2. The number of nitrogens with one attached hydrogen (secondary N) is 1. The summed E-state index contributed by atoms with van der Waals surface area (Å²) in [6.07, 6.45) is 0.705. The number of hydrogen-bond acceptors (Lipinski definition) is 2. The van der Waals surface area contributed by atoms with Crippen LogP contribution in [0.25, 0.3) is 0 Å². The van der Waals surface area contributed by atoms with E-state index in [0.717, 1.165) is 5.69 Å². The van der Waals surface area contributed by atoms with E-state index < -0.39 is 6.04 Å². The summed E-state index contributed by atoms with van der Waals surface area (Å²) in [5.74, 6) is 0.317. The Morgan fingerprint density at radius 3 is 2.47 bits per heavy atom. The molecule has 3 nitrogen and oxygen atoms in total. The van der Waals surface area contributed by atoms with Gasteiger partial charge in [-0.2, -0.15) is 0 Å². The number of rotatable bonds is 4. The van der Waals surface area contributed by atoms with E-state index in [2.05, 4.69) is 19.2 Å². The fraction of sp³-hybridized carbons (Fsp3) is 0.500. The molecule has 3 N–H and O–H groups in total. The Labute approximate surface area is 103 Å². The maximum absolute atomic E-state index is 11.8. The van der Waals surface area contributed by atoms with Crippen LogP contribution in [0.4, 0.5) is 5.69 Å². The van der Waals surface area contributed by atoms with Gasteiger partial charge in [-0.3, -0.25) is 4.79 Å². The number of nitrogens with two attached hydrogens (primary N) is 1. The summed E-state index contributed by atoms with van der Waals surface area (Å²) in [5.41, 5.74) is 9.02. The Bertz CT molecular complexity index is 399. The summed E-state index contributed by atoms with van der Waals surface area (Å²) in [7, 11) is 0. The third kappa shape index (κ3) is 4.19. The van der Waals surface area contributed by atoms with Crippen LogP contribution >= 0.6 is 0 Å². The van der Waals surface area contributed by atoms with Crippen molar-refractivity contribution in [1.82, 2.24) is 0 Å². The molecule has 17 heavy (non-hydrogen) atoms. The molecule has 3 heteroatoms. The number of amides is 1. The first-order valence-electron chi connectivity index (χ1n) is 6.04. The van der Waals surface area contributed by atoms with Gasteiger partial charge in [0.15, 0.2) is 0 Å². The number of carbonyl (C=O) groups excluding carboxylic acids is 1. The molecule has 0 aromatic heterocycles.